The van der Waals surface area contributed by atoms with Crippen molar-refractivity contribution >= 4 is 15.9 Å². The summed E-state index contributed by atoms with van der Waals surface area (Å²) in [5, 5.41) is 3.99. The Kier molecular flexibility index (Phi) is 5.15. The van der Waals surface area contributed by atoms with Gasteiger partial charge in [-0.25, -0.2) is 0 Å². The normalized spacial score (nSPS) is 10.6. The summed E-state index contributed by atoms with van der Waals surface area (Å²) >= 11 is 3.51. The first-order chi connectivity index (χ1) is 11.7. The van der Waals surface area contributed by atoms with Crippen LogP contribution in [0.5, 0.6) is 11.5 Å². The van der Waals surface area contributed by atoms with Crippen LogP contribution in [0.1, 0.15) is 18.4 Å². The number of ether oxygens (including phenoxy) is 2. The minimum Gasteiger partial charge on any atom is -0.497 e. The molecule has 0 saturated carbocycles. The highest BCUT2D eigenvalue weighted by atomic mass is 79.9. The Hall–Kier alpha value is -2.34. The van der Waals surface area contributed by atoms with Crippen molar-refractivity contribution < 1.29 is 14.0 Å². The van der Waals surface area contributed by atoms with Crippen LogP contribution < -0.4 is 9.47 Å². The van der Waals surface area contributed by atoms with Gasteiger partial charge >= 0.3 is 0 Å². The molecule has 0 amide bonds. The number of hydrogen-bond donors (Lipinski definition) is 0. The molecule has 0 atom stereocenters. The molecule has 0 fully saturated rings. The molecule has 0 spiro atoms. The van der Waals surface area contributed by atoms with Crippen molar-refractivity contribution in [3.8, 4) is 22.9 Å². The molecule has 0 unspecified atom stereocenters. The number of hydrogen-bond acceptors (Lipinski definition) is 5. The molecule has 24 heavy (non-hydrogen) atoms. The van der Waals surface area contributed by atoms with Crippen LogP contribution in [0.4, 0.5) is 0 Å². The molecule has 0 saturated heterocycles. The Morgan fingerprint density at radius 2 is 2.04 bits per heavy atom. The van der Waals surface area contributed by atoms with Gasteiger partial charge in [-0.05, 0) is 52.2 Å². The monoisotopic (exact) mass is 388 g/mol. The van der Waals surface area contributed by atoms with Gasteiger partial charge < -0.3 is 14.0 Å². The summed E-state index contributed by atoms with van der Waals surface area (Å²) in [5.41, 5.74) is 2.07. The van der Waals surface area contributed by atoms with E-state index in [1.165, 1.54) is 5.56 Å². The quantitative estimate of drug-likeness (QED) is 0.614. The van der Waals surface area contributed by atoms with E-state index in [2.05, 4.69) is 33.0 Å². The van der Waals surface area contributed by atoms with Crippen molar-refractivity contribution in [1.82, 2.24) is 10.1 Å². The van der Waals surface area contributed by atoms with Gasteiger partial charge in [0.2, 0.25) is 5.82 Å². The van der Waals surface area contributed by atoms with Gasteiger partial charge in [-0.15, -0.1) is 0 Å². The smallest absolute Gasteiger partial charge is 0.264 e. The molecule has 3 rings (SSSR count). The number of nitrogens with zero attached hydrogens (tertiary/aromatic N) is 2. The van der Waals surface area contributed by atoms with E-state index in [-0.39, 0.29) is 6.61 Å². The summed E-state index contributed by atoms with van der Waals surface area (Å²) in [6, 6.07) is 13.5. The maximum atomic E-state index is 5.75. The minimum absolute atomic E-state index is 0.209. The summed E-state index contributed by atoms with van der Waals surface area (Å²) < 4.78 is 17.1. The molecular formula is C18H17BrN2O3. The standard InChI is InChI=1S/C18H17BrN2O3/c1-3-12-7-8-16(15(19)9-12)23-11-17-20-18(21-24-17)13-5-4-6-14(10-13)22-2/h4-10H,3,11H2,1-2H3. The molecule has 1 heterocycles. The Bertz CT molecular complexity index is 833. The molecule has 5 nitrogen and oxygen atoms in total. The molecule has 3 aromatic rings. The van der Waals surface area contributed by atoms with Crippen molar-refractivity contribution in [1.29, 1.82) is 0 Å². The first kappa shape index (κ1) is 16.5. The molecule has 0 bridgehead atoms. The lowest BCUT2D eigenvalue weighted by molar-refractivity contribution is 0.241. The number of aryl methyl sites for hydroxylation is 1. The van der Waals surface area contributed by atoms with Crippen LogP contribution in [0, 0.1) is 0 Å². The zero-order valence-corrected chi connectivity index (χ0v) is 15.0. The van der Waals surface area contributed by atoms with E-state index >= 15 is 0 Å². The molecule has 2 aromatic carbocycles. The number of rotatable bonds is 6. The summed E-state index contributed by atoms with van der Waals surface area (Å²) in [6.07, 6.45) is 0.979. The molecule has 0 aliphatic rings. The SMILES string of the molecule is CCc1ccc(OCc2nc(-c3cccc(OC)c3)no2)c(Br)c1. The van der Waals surface area contributed by atoms with Gasteiger partial charge in [-0.1, -0.05) is 30.3 Å². The van der Waals surface area contributed by atoms with Crippen LogP contribution in [0.2, 0.25) is 0 Å². The van der Waals surface area contributed by atoms with Crippen molar-refractivity contribution in [2.75, 3.05) is 7.11 Å². The van der Waals surface area contributed by atoms with Gasteiger partial charge in [-0.3, -0.25) is 0 Å². The zero-order valence-electron chi connectivity index (χ0n) is 13.5. The average Bonchev–Trinajstić information content (AvgIpc) is 3.09. The van der Waals surface area contributed by atoms with Crippen LogP contribution in [0.15, 0.2) is 51.5 Å². The van der Waals surface area contributed by atoms with Crippen molar-refractivity contribution in [2.24, 2.45) is 0 Å². The Morgan fingerprint density at radius 1 is 1.17 bits per heavy atom. The molecule has 6 heteroatoms. The Balaban J connectivity index is 1.70. The van der Waals surface area contributed by atoms with Gasteiger partial charge in [0.25, 0.3) is 5.89 Å². The van der Waals surface area contributed by atoms with Crippen molar-refractivity contribution in [3.05, 3.63) is 58.4 Å². The van der Waals surface area contributed by atoms with E-state index in [1.54, 1.807) is 7.11 Å². The lowest BCUT2D eigenvalue weighted by atomic mass is 10.2. The lowest BCUT2D eigenvalue weighted by Crippen LogP contribution is -1.97. The average molecular weight is 389 g/mol. The third-order valence-corrected chi connectivity index (χ3v) is 4.17. The summed E-state index contributed by atoms with van der Waals surface area (Å²) in [7, 11) is 1.62. The van der Waals surface area contributed by atoms with Crippen molar-refractivity contribution in [2.45, 2.75) is 20.0 Å². The highest BCUT2D eigenvalue weighted by Crippen LogP contribution is 2.27. The second-order valence-corrected chi connectivity index (χ2v) is 6.01. The second kappa shape index (κ2) is 7.49. The van der Waals surface area contributed by atoms with Crippen LogP contribution in [0.25, 0.3) is 11.4 Å². The van der Waals surface area contributed by atoms with Gasteiger partial charge in [0, 0.05) is 5.56 Å². The number of aromatic nitrogens is 2. The number of methoxy groups -OCH3 is 1. The predicted octanol–water partition coefficient (Wildman–Crippen LogP) is 4.65. The minimum atomic E-state index is 0.209. The fraction of sp³-hybridized carbons (Fsp3) is 0.222. The van der Waals surface area contributed by atoms with Gasteiger partial charge in [0.1, 0.15) is 11.5 Å². The maximum Gasteiger partial charge on any atom is 0.264 e. The van der Waals surface area contributed by atoms with Gasteiger partial charge in [-0.2, -0.15) is 4.98 Å². The van der Waals surface area contributed by atoms with Crippen LogP contribution >= 0.6 is 15.9 Å². The zero-order chi connectivity index (χ0) is 16.9. The number of benzene rings is 2. The third kappa shape index (κ3) is 3.76. The fourth-order valence-corrected chi connectivity index (χ4v) is 2.75. The summed E-state index contributed by atoms with van der Waals surface area (Å²) in [6.45, 7) is 2.32. The molecule has 124 valence electrons. The highest BCUT2D eigenvalue weighted by Gasteiger charge is 2.11. The maximum absolute atomic E-state index is 5.75. The van der Waals surface area contributed by atoms with E-state index in [0.717, 1.165) is 28.0 Å². The number of halogens is 1. The topological polar surface area (TPSA) is 57.4 Å². The molecule has 1 aromatic heterocycles. The fourth-order valence-electron chi connectivity index (χ4n) is 2.21. The van der Waals surface area contributed by atoms with Crippen LogP contribution in [-0.2, 0) is 13.0 Å². The second-order valence-electron chi connectivity index (χ2n) is 5.15. The van der Waals surface area contributed by atoms with Crippen LogP contribution in [-0.4, -0.2) is 17.3 Å². The van der Waals surface area contributed by atoms with E-state index in [4.69, 9.17) is 14.0 Å². The van der Waals surface area contributed by atoms with E-state index in [0.29, 0.717) is 11.7 Å². The van der Waals surface area contributed by atoms with Crippen LogP contribution in [0.3, 0.4) is 0 Å². The third-order valence-electron chi connectivity index (χ3n) is 3.55. The molecule has 0 aliphatic carbocycles. The molecular weight excluding hydrogens is 372 g/mol. The predicted molar refractivity (Wildman–Crippen MR) is 94.1 cm³/mol. The first-order valence-corrected chi connectivity index (χ1v) is 8.37. The van der Waals surface area contributed by atoms with E-state index in [1.807, 2.05) is 42.5 Å². The van der Waals surface area contributed by atoms with E-state index in [9.17, 15) is 0 Å². The molecule has 0 aliphatic heterocycles. The lowest BCUT2D eigenvalue weighted by Gasteiger charge is -2.07. The molecule has 0 radical (unpaired) electrons. The Morgan fingerprint density at radius 3 is 2.79 bits per heavy atom. The largest absolute Gasteiger partial charge is 0.497 e. The highest BCUT2D eigenvalue weighted by molar-refractivity contribution is 9.10. The van der Waals surface area contributed by atoms with Gasteiger partial charge in [0.15, 0.2) is 6.61 Å². The van der Waals surface area contributed by atoms with E-state index < -0.39 is 0 Å². The van der Waals surface area contributed by atoms with Gasteiger partial charge in [0.05, 0.1) is 11.6 Å². The first-order valence-electron chi connectivity index (χ1n) is 7.58. The summed E-state index contributed by atoms with van der Waals surface area (Å²) in [5.74, 6) is 2.41. The summed E-state index contributed by atoms with van der Waals surface area (Å²) in [4.78, 5) is 4.36. The van der Waals surface area contributed by atoms with Crippen molar-refractivity contribution in [3.63, 3.8) is 0 Å². The molecule has 0 N–H and O–H groups in total. The Labute approximate surface area is 148 Å².